The average molecular weight is 328 g/mol. The van der Waals surface area contributed by atoms with Gasteiger partial charge in [0.05, 0.1) is 31.0 Å². The molecule has 1 aromatic rings. The smallest absolute Gasteiger partial charge is 0.0900 e. The summed E-state index contributed by atoms with van der Waals surface area (Å²) in [6.07, 6.45) is -0.128. The van der Waals surface area contributed by atoms with Gasteiger partial charge in [0.1, 0.15) is 0 Å². The summed E-state index contributed by atoms with van der Waals surface area (Å²) in [6.45, 7) is 8.76. The molecule has 124 valence electrons. The third-order valence-corrected chi connectivity index (χ3v) is 4.09. The van der Waals surface area contributed by atoms with Crippen LogP contribution in [0.3, 0.4) is 0 Å². The minimum absolute atomic E-state index is 0.0607. The van der Waals surface area contributed by atoms with E-state index in [1.807, 2.05) is 31.2 Å². The van der Waals surface area contributed by atoms with E-state index in [1.54, 1.807) is 0 Å². The molecule has 5 heteroatoms. The normalized spacial score (nSPS) is 25.9. The molecule has 2 rings (SSSR count). The van der Waals surface area contributed by atoms with Crippen molar-refractivity contribution in [1.82, 2.24) is 4.90 Å². The van der Waals surface area contributed by atoms with Gasteiger partial charge in [0.25, 0.3) is 0 Å². The lowest BCUT2D eigenvalue weighted by Crippen LogP contribution is -2.48. The molecule has 0 spiro atoms. The zero-order valence-electron chi connectivity index (χ0n) is 13.5. The van der Waals surface area contributed by atoms with Gasteiger partial charge in [-0.1, -0.05) is 23.7 Å². The minimum atomic E-state index is -0.493. The molecule has 4 nitrogen and oxygen atoms in total. The first-order valence-electron chi connectivity index (χ1n) is 7.87. The van der Waals surface area contributed by atoms with Gasteiger partial charge in [0.15, 0.2) is 0 Å². The second-order valence-corrected chi connectivity index (χ2v) is 6.59. The van der Waals surface area contributed by atoms with Crippen LogP contribution in [0.2, 0.25) is 5.02 Å². The van der Waals surface area contributed by atoms with E-state index in [0.29, 0.717) is 18.2 Å². The van der Waals surface area contributed by atoms with Gasteiger partial charge in [-0.25, -0.2) is 0 Å². The molecule has 0 amide bonds. The number of halogens is 1. The van der Waals surface area contributed by atoms with Crippen LogP contribution in [0.4, 0.5) is 0 Å². The number of aliphatic hydroxyl groups is 1. The summed E-state index contributed by atoms with van der Waals surface area (Å²) < 4.78 is 11.5. The third kappa shape index (κ3) is 5.52. The van der Waals surface area contributed by atoms with Crippen LogP contribution in [0, 0.1) is 0 Å². The average Bonchev–Trinajstić information content (AvgIpc) is 2.44. The summed E-state index contributed by atoms with van der Waals surface area (Å²) in [5.74, 6) is 0. The second-order valence-electron chi connectivity index (χ2n) is 6.16. The van der Waals surface area contributed by atoms with Gasteiger partial charge in [-0.2, -0.15) is 0 Å². The Bertz CT molecular complexity index is 444. The minimum Gasteiger partial charge on any atom is -0.389 e. The molecule has 0 aliphatic carbocycles. The van der Waals surface area contributed by atoms with Crippen molar-refractivity contribution in [3.63, 3.8) is 0 Å². The van der Waals surface area contributed by atoms with Gasteiger partial charge in [-0.05, 0) is 38.5 Å². The van der Waals surface area contributed by atoms with Crippen LogP contribution < -0.4 is 0 Å². The van der Waals surface area contributed by atoms with Crippen LogP contribution in [0.5, 0.6) is 0 Å². The lowest BCUT2D eigenvalue weighted by atomic mass is 10.1. The molecule has 1 aliphatic heterocycles. The van der Waals surface area contributed by atoms with E-state index in [1.165, 1.54) is 0 Å². The highest BCUT2D eigenvalue weighted by Crippen LogP contribution is 2.19. The van der Waals surface area contributed by atoms with Crippen LogP contribution in [0.15, 0.2) is 24.3 Å². The fourth-order valence-corrected chi connectivity index (χ4v) is 3.00. The molecule has 1 saturated heterocycles. The first-order chi connectivity index (χ1) is 10.4. The summed E-state index contributed by atoms with van der Waals surface area (Å²) in [4.78, 5) is 2.24. The number of hydrogen-bond donors (Lipinski definition) is 1. The Balaban J connectivity index is 1.75. The summed E-state index contributed by atoms with van der Waals surface area (Å²) in [5, 5.41) is 10.9. The van der Waals surface area contributed by atoms with Crippen molar-refractivity contribution in [3.8, 4) is 0 Å². The summed E-state index contributed by atoms with van der Waals surface area (Å²) >= 11 is 5.88. The van der Waals surface area contributed by atoms with Crippen LogP contribution in [-0.4, -0.2) is 54.6 Å². The molecule has 1 heterocycles. The number of benzene rings is 1. The van der Waals surface area contributed by atoms with Gasteiger partial charge in [0.2, 0.25) is 0 Å². The maximum atomic E-state index is 10.2. The van der Waals surface area contributed by atoms with E-state index in [9.17, 15) is 5.11 Å². The monoisotopic (exact) mass is 327 g/mol. The maximum absolute atomic E-state index is 10.2. The summed E-state index contributed by atoms with van der Waals surface area (Å²) in [7, 11) is 0. The van der Waals surface area contributed by atoms with E-state index in [2.05, 4.69) is 18.7 Å². The molecular formula is C17H26ClNO3. The Morgan fingerprint density at radius 1 is 1.27 bits per heavy atom. The van der Waals surface area contributed by atoms with Crippen molar-refractivity contribution in [2.75, 3.05) is 26.2 Å². The van der Waals surface area contributed by atoms with E-state index in [-0.39, 0.29) is 18.3 Å². The molecule has 4 atom stereocenters. The standard InChI is InChI=1S/C17H26ClNO3/c1-12-8-19(9-13(2)22-12)10-17(20)11-21-14(3)15-4-6-16(18)7-5-15/h4-7,12-14,17,20H,8-11H2,1-3H3/t12-,13+,14-,17-/m0/s1. The van der Waals surface area contributed by atoms with Gasteiger partial charge >= 0.3 is 0 Å². The van der Waals surface area contributed by atoms with Crippen LogP contribution in [-0.2, 0) is 9.47 Å². The van der Waals surface area contributed by atoms with E-state index >= 15 is 0 Å². The van der Waals surface area contributed by atoms with Crippen LogP contribution in [0.25, 0.3) is 0 Å². The Morgan fingerprint density at radius 2 is 1.86 bits per heavy atom. The Kier molecular flexibility index (Phi) is 6.66. The maximum Gasteiger partial charge on any atom is 0.0900 e. The molecular weight excluding hydrogens is 302 g/mol. The number of aliphatic hydroxyl groups excluding tert-OH is 1. The zero-order valence-corrected chi connectivity index (χ0v) is 14.3. The number of nitrogens with zero attached hydrogens (tertiary/aromatic N) is 1. The highest BCUT2D eigenvalue weighted by atomic mass is 35.5. The second kappa shape index (κ2) is 8.27. The fraction of sp³-hybridized carbons (Fsp3) is 0.647. The summed E-state index contributed by atoms with van der Waals surface area (Å²) in [5.41, 5.74) is 1.06. The Morgan fingerprint density at radius 3 is 2.45 bits per heavy atom. The third-order valence-electron chi connectivity index (χ3n) is 3.84. The zero-order chi connectivity index (χ0) is 16.1. The molecule has 22 heavy (non-hydrogen) atoms. The Hall–Kier alpha value is -0.650. The topological polar surface area (TPSA) is 41.9 Å². The molecule has 1 aromatic carbocycles. The van der Waals surface area contributed by atoms with Crippen molar-refractivity contribution in [2.45, 2.75) is 45.2 Å². The number of rotatable bonds is 6. The van der Waals surface area contributed by atoms with Crippen molar-refractivity contribution in [2.24, 2.45) is 0 Å². The predicted molar refractivity (Wildman–Crippen MR) is 88.3 cm³/mol. The SMILES string of the molecule is C[C@@H]1CN(C[C@H](O)CO[C@@H](C)c2ccc(Cl)cc2)C[C@H](C)O1. The fourth-order valence-electron chi connectivity index (χ4n) is 2.87. The van der Waals surface area contributed by atoms with Gasteiger partial charge in [-0.15, -0.1) is 0 Å². The molecule has 0 radical (unpaired) electrons. The predicted octanol–water partition coefficient (Wildman–Crippen LogP) is 2.89. The molecule has 0 saturated carbocycles. The van der Waals surface area contributed by atoms with Crippen LogP contribution in [0.1, 0.15) is 32.4 Å². The number of β-amino-alcohol motifs (C(OH)–C–C–N with tert-alkyl or cyclic N) is 1. The lowest BCUT2D eigenvalue weighted by Gasteiger charge is -2.36. The number of morpholine rings is 1. The largest absolute Gasteiger partial charge is 0.389 e. The highest BCUT2D eigenvalue weighted by Gasteiger charge is 2.24. The van der Waals surface area contributed by atoms with Crippen molar-refractivity contribution < 1.29 is 14.6 Å². The van der Waals surface area contributed by atoms with Crippen LogP contribution >= 0.6 is 11.6 Å². The van der Waals surface area contributed by atoms with Gasteiger partial charge in [-0.3, -0.25) is 4.90 Å². The lowest BCUT2D eigenvalue weighted by molar-refractivity contribution is -0.0852. The summed E-state index contributed by atoms with van der Waals surface area (Å²) in [6, 6.07) is 7.60. The molecule has 1 aliphatic rings. The quantitative estimate of drug-likeness (QED) is 0.872. The first-order valence-corrected chi connectivity index (χ1v) is 8.24. The molecule has 0 aromatic heterocycles. The van der Waals surface area contributed by atoms with Crippen molar-refractivity contribution in [1.29, 1.82) is 0 Å². The molecule has 0 unspecified atom stereocenters. The van der Waals surface area contributed by atoms with Gasteiger partial charge < -0.3 is 14.6 Å². The number of hydrogen-bond acceptors (Lipinski definition) is 4. The Labute approximate surface area is 138 Å². The first kappa shape index (κ1) is 17.7. The number of ether oxygens (including phenoxy) is 2. The van der Waals surface area contributed by atoms with E-state index in [0.717, 1.165) is 18.7 Å². The van der Waals surface area contributed by atoms with Crippen molar-refractivity contribution in [3.05, 3.63) is 34.9 Å². The highest BCUT2D eigenvalue weighted by molar-refractivity contribution is 6.30. The van der Waals surface area contributed by atoms with E-state index < -0.39 is 6.10 Å². The van der Waals surface area contributed by atoms with Gasteiger partial charge in [0, 0.05) is 24.7 Å². The van der Waals surface area contributed by atoms with E-state index in [4.69, 9.17) is 21.1 Å². The molecule has 1 N–H and O–H groups in total. The molecule has 1 fully saturated rings. The molecule has 0 bridgehead atoms. The van der Waals surface area contributed by atoms with Crippen molar-refractivity contribution >= 4 is 11.6 Å².